The molecule has 7 heteroatoms. The van der Waals surface area contributed by atoms with Crippen molar-refractivity contribution >= 4 is 0 Å². The van der Waals surface area contributed by atoms with E-state index in [9.17, 15) is 20.4 Å². The number of hydrogen-bond acceptors (Lipinski definition) is 7. The lowest BCUT2D eigenvalue weighted by atomic mass is 9.76. The minimum absolute atomic E-state index is 0.00830. The largest absolute Gasteiger partial charge is 0.508 e. The summed E-state index contributed by atoms with van der Waals surface area (Å²) in [4.78, 5) is 0. The van der Waals surface area contributed by atoms with Crippen molar-refractivity contribution in [3.8, 4) is 73.6 Å². The van der Waals surface area contributed by atoms with Crippen molar-refractivity contribution < 1.29 is 34.6 Å². The number of phenols is 4. The number of benzene rings is 4. The lowest BCUT2D eigenvalue weighted by Gasteiger charge is -2.30. The van der Waals surface area contributed by atoms with Gasteiger partial charge in [0, 0.05) is 34.4 Å². The molecular weight excluding hydrogens is 484 g/mol. The molecule has 0 fully saturated rings. The van der Waals surface area contributed by atoms with Crippen LogP contribution in [0.3, 0.4) is 0 Å². The van der Waals surface area contributed by atoms with Crippen LogP contribution in [0.2, 0.25) is 0 Å². The molecule has 0 atom stereocenters. The predicted octanol–water partition coefficient (Wildman–Crippen LogP) is 5.73. The number of hydrogen-bond donors (Lipinski definition) is 4. The summed E-state index contributed by atoms with van der Waals surface area (Å²) in [5, 5.41) is 43.2. The van der Waals surface area contributed by atoms with E-state index in [4.69, 9.17) is 14.2 Å². The van der Waals surface area contributed by atoms with Crippen molar-refractivity contribution in [3.05, 3.63) is 64.7 Å². The minimum atomic E-state index is 0.00830. The van der Waals surface area contributed by atoms with Gasteiger partial charge in [-0.25, -0.2) is 0 Å². The second-order valence-electron chi connectivity index (χ2n) is 9.68. The summed E-state index contributed by atoms with van der Waals surface area (Å²) in [6.07, 6.45) is 2.44. The van der Waals surface area contributed by atoms with Crippen molar-refractivity contribution in [1.29, 1.82) is 0 Å². The lowest BCUT2D eigenvalue weighted by Crippen LogP contribution is -2.11. The van der Waals surface area contributed by atoms with E-state index in [1.807, 2.05) is 6.07 Å². The van der Waals surface area contributed by atoms with Gasteiger partial charge in [0.1, 0.15) is 28.7 Å². The standard InChI is InChI=1S/C31H28O7/c1-36-25-12-21-16(11-22(25)33)5-8-20-29(21)27(38-3)14-24(35)31(20)30-19-7-4-15-10-17(32)6-9-18(15)28(19)26(37-2)13-23(30)34/h6,9-14,32-35H,4-5,7-8H2,1-3H3. The summed E-state index contributed by atoms with van der Waals surface area (Å²) in [7, 11) is 4.62. The zero-order valence-corrected chi connectivity index (χ0v) is 21.4. The normalized spacial score (nSPS) is 13.1. The van der Waals surface area contributed by atoms with E-state index in [0.29, 0.717) is 54.1 Å². The molecule has 38 heavy (non-hydrogen) atoms. The third kappa shape index (κ3) is 3.42. The molecule has 194 valence electrons. The van der Waals surface area contributed by atoms with E-state index >= 15 is 0 Å². The first-order valence-corrected chi connectivity index (χ1v) is 12.4. The van der Waals surface area contributed by atoms with Crippen molar-refractivity contribution in [1.82, 2.24) is 0 Å². The van der Waals surface area contributed by atoms with Gasteiger partial charge in [-0.1, -0.05) is 6.07 Å². The smallest absolute Gasteiger partial charge is 0.161 e. The van der Waals surface area contributed by atoms with Gasteiger partial charge in [-0.3, -0.25) is 0 Å². The molecule has 2 aliphatic rings. The van der Waals surface area contributed by atoms with E-state index < -0.39 is 0 Å². The molecule has 0 aliphatic heterocycles. The molecule has 0 saturated carbocycles. The Morgan fingerprint density at radius 2 is 1.03 bits per heavy atom. The topological polar surface area (TPSA) is 109 Å². The van der Waals surface area contributed by atoms with Crippen molar-refractivity contribution in [2.75, 3.05) is 21.3 Å². The van der Waals surface area contributed by atoms with Gasteiger partial charge in [0.15, 0.2) is 11.5 Å². The molecule has 0 heterocycles. The third-order valence-electron chi connectivity index (χ3n) is 7.76. The fourth-order valence-electron chi connectivity index (χ4n) is 6.13. The molecule has 0 radical (unpaired) electrons. The van der Waals surface area contributed by atoms with E-state index in [0.717, 1.165) is 44.5 Å². The van der Waals surface area contributed by atoms with Crippen LogP contribution in [0.1, 0.15) is 22.3 Å². The van der Waals surface area contributed by atoms with Gasteiger partial charge in [-0.05, 0) is 83.3 Å². The predicted molar refractivity (Wildman–Crippen MR) is 144 cm³/mol. The number of phenolic OH excluding ortho intramolecular Hbond substituents is 4. The molecular formula is C31H28O7. The highest BCUT2D eigenvalue weighted by Crippen LogP contribution is 2.55. The highest BCUT2D eigenvalue weighted by atomic mass is 16.5. The maximum atomic E-state index is 11.4. The molecule has 0 spiro atoms. The zero-order chi connectivity index (χ0) is 26.7. The molecule has 0 unspecified atom stereocenters. The van der Waals surface area contributed by atoms with Crippen LogP contribution in [0.5, 0.6) is 40.2 Å². The van der Waals surface area contributed by atoms with Gasteiger partial charge in [0.05, 0.1) is 21.3 Å². The first-order valence-electron chi connectivity index (χ1n) is 12.4. The van der Waals surface area contributed by atoms with E-state index in [1.54, 1.807) is 50.6 Å². The fraction of sp³-hybridized carbons (Fsp3) is 0.226. The molecule has 0 saturated heterocycles. The summed E-state index contributed by atoms with van der Waals surface area (Å²) in [5.74, 6) is 1.66. The van der Waals surface area contributed by atoms with E-state index in [-0.39, 0.29) is 23.0 Å². The Labute approximate surface area is 220 Å². The Kier molecular flexibility index (Phi) is 5.52. The van der Waals surface area contributed by atoms with E-state index in [2.05, 4.69) is 0 Å². The molecule has 4 aromatic rings. The van der Waals surface area contributed by atoms with Gasteiger partial charge in [0.25, 0.3) is 0 Å². The van der Waals surface area contributed by atoms with Gasteiger partial charge < -0.3 is 34.6 Å². The summed E-state index contributed by atoms with van der Waals surface area (Å²) < 4.78 is 16.8. The molecule has 2 aliphatic carbocycles. The Morgan fingerprint density at radius 1 is 0.500 bits per heavy atom. The first kappa shape index (κ1) is 23.9. The molecule has 0 amide bonds. The zero-order valence-electron chi connectivity index (χ0n) is 21.4. The van der Waals surface area contributed by atoms with Crippen LogP contribution in [0, 0.1) is 0 Å². The highest BCUT2D eigenvalue weighted by Gasteiger charge is 2.32. The Balaban J connectivity index is 1.68. The summed E-state index contributed by atoms with van der Waals surface area (Å²) in [5.41, 5.74) is 8.18. The van der Waals surface area contributed by atoms with Crippen LogP contribution in [0.4, 0.5) is 0 Å². The van der Waals surface area contributed by atoms with E-state index in [1.165, 1.54) is 7.11 Å². The number of aromatic hydroxyl groups is 4. The second-order valence-corrected chi connectivity index (χ2v) is 9.68. The first-order chi connectivity index (χ1) is 18.4. The monoisotopic (exact) mass is 512 g/mol. The number of ether oxygens (including phenoxy) is 3. The third-order valence-corrected chi connectivity index (χ3v) is 7.76. The lowest BCUT2D eigenvalue weighted by molar-refractivity contribution is 0.373. The molecule has 0 bridgehead atoms. The average molecular weight is 513 g/mol. The van der Waals surface area contributed by atoms with Crippen molar-refractivity contribution in [2.24, 2.45) is 0 Å². The van der Waals surface area contributed by atoms with Crippen molar-refractivity contribution in [3.63, 3.8) is 0 Å². The Bertz CT molecular complexity index is 1620. The van der Waals surface area contributed by atoms with Crippen LogP contribution in [-0.4, -0.2) is 41.8 Å². The van der Waals surface area contributed by atoms with Crippen LogP contribution < -0.4 is 14.2 Å². The maximum absolute atomic E-state index is 11.4. The number of aryl methyl sites for hydroxylation is 2. The van der Waals surface area contributed by atoms with Crippen LogP contribution in [0.15, 0.2) is 42.5 Å². The van der Waals surface area contributed by atoms with Crippen LogP contribution in [-0.2, 0) is 25.7 Å². The van der Waals surface area contributed by atoms with Crippen LogP contribution in [0.25, 0.3) is 33.4 Å². The molecule has 6 rings (SSSR count). The highest BCUT2D eigenvalue weighted by molar-refractivity contribution is 5.96. The van der Waals surface area contributed by atoms with Gasteiger partial charge in [-0.2, -0.15) is 0 Å². The molecule has 4 aromatic carbocycles. The number of methoxy groups -OCH3 is 3. The molecule has 0 aromatic heterocycles. The molecule has 7 nitrogen and oxygen atoms in total. The summed E-state index contributed by atoms with van der Waals surface area (Å²) in [6, 6.07) is 11.9. The summed E-state index contributed by atoms with van der Waals surface area (Å²) >= 11 is 0. The Hall–Kier alpha value is -4.52. The maximum Gasteiger partial charge on any atom is 0.161 e. The quantitative estimate of drug-likeness (QED) is 0.276. The van der Waals surface area contributed by atoms with Gasteiger partial charge >= 0.3 is 0 Å². The number of fused-ring (bicyclic) bond motifs is 6. The second kappa shape index (κ2) is 8.80. The number of rotatable bonds is 4. The minimum Gasteiger partial charge on any atom is -0.508 e. The fourth-order valence-corrected chi connectivity index (χ4v) is 6.13. The van der Waals surface area contributed by atoms with Crippen LogP contribution >= 0.6 is 0 Å². The van der Waals surface area contributed by atoms with Crippen molar-refractivity contribution in [2.45, 2.75) is 25.7 Å². The average Bonchev–Trinajstić information content (AvgIpc) is 2.91. The van der Waals surface area contributed by atoms with Gasteiger partial charge in [0.2, 0.25) is 0 Å². The SMILES string of the molecule is COc1cc2c(cc1O)CCc1c(-c3c(O)cc(OC)c4c3CCc3cc(O)ccc3-4)c(O)cc(OC)c1-2. The summed E-state index contributed by atoms with van der Waals surface area (Å²) in [6.45, 7) is 0. The Morgan fingerprint density at radius 3 is 1.58 bits per heavy atom. The van der Waals surface area contributed by atoms with Gasteiger partial charge in [-0.15, -0.1) is 0 Å². The molecule has 4 N–H and O–H groups in total.